The van der Waals surface area contributed by atoms with E-state index < -0.39 is 33.5 Å². The minimum atomic E-state index is -4.57. The Morgan fingerprint density at radius 1 is 1.32 bits per heavy atom. The Morgan fingerprint density at radius 2 is 1.89 bits per heavy atom. The number of benzene rings is 1. The molecule has 0 aliphatic carbocycles. The van der Waals surface area contributed by atoms with Crippen LogP contribution in [-0.4, -0.2) is 27.0 Å². The van der Waals surface area contributed by atoms with Crippen LogP contribution in [0.15, 0.2) is 23.1 Å². The Balaban J connectivity index is 3.02. The molecule has 0 spiro atoms. The van der Waals surface area contributed by atoms with Gasteiger partial charge < -0.3 is 5.32 Å². The molecule has 0 saturated heterocycles. The number of hydrogen-bond donors (Lipinski definition) is 2. The molecule has 5 nitrogen and oxygen atoms in total. The van der Waals surface area contributed by atoms with Crippen molar-refractivity contribution in [3.8, 4) is 0 Å². The number of nitrogens with one attached hydrogen (secondary N) is 1. The fourth-order valence-electron chi connectivity index (χ4n) is 1.14. The van der Waals surface area contributed by atoms with Crippen molar-refractivity contribution in [3.05, 3.63) is 28.8 Å². The highest BCUT2D eigenvalue weighted by Gasteiger charge is 2.28. The van der Waals surface area contributed by atoms with Gasteiger partial charge in [0.1, 0.15) is 6.54 Å². The number of halogens is 4. The summed E-state index contributed by atoms with van der Waals surface area (Å²) >= 11 is 5.57. The van der Waals surface area contributed by atoms with E-state index in [-0.39, 0.29) is 10.6 Å². The normalized spacial score (nSPS) is 12.3. The second-order valence-electron chi connectivity index (χ2n) is 3.52. The molecule has 3 N–H and O–H groups in total. The third-order valence-corrected chi connectivity index (χ3v) is 3.02. The zero-order valence-electron chi connectivity index (χ0n) is 9.16. The van der Waals surface area contributed by atoms with Crippen LogP contribution in [0.1, 0.15) is 10.4 Å². The Labute approximate surface area is 111 Å². The van der Waals surface area contributed by atoms with Crippen LogP contribution in [0, 0.1) is 0 Å². The minimum Gasteiger partial charge on any atom is -0.343 e. The summed E-state index contributed by atoms with van der Waals surface area (Å²) in [5.74, 6) is -1.11. The Hall–Kier alpha value is -1.32. The first-order chi connectivity index (χ1) is 8.49. The number of rotatable bonds is 3. The van der Waals surface area contributed by atoms with Crippen molar-refractivity contribution in [1.82, 2.24) is 5.32 Å². The summed E-state index contributed by atoms with van der Waals surface area (Å²) in [6, 6.07) is 2.85. The number of carbonyl (C=O) groups excluding carboxylic acids is 1. The van der Waals surface area contributed by atoms with Crippen molar-refractivity contribution in [3.63, 3.8) is 0 Å². The SMILES string of the molecule is NS(=O)(=O)c1cc(Cl)cc(C(=O)NCC(F)(F)F)c1. The first kappa shape index (κ1) is 15.7. The monoisotopic (exact) mass is 316 g/mol. The second kappa shape index (κ2) is 5.35. The summed E-state index contributed by atoms with van der Waals surface area (Å²) < 4.78 is 57.9. The maximum Gasteiger partial charge on any atom is 0.405 e. The molecule has 1 aromatic rings. The number of nitrogens with two attached hydrogens (primary N) is 1. The van der Waals surface area contributed by atoms with Crippen LogP contribution in [-0.2, 0) is 10.0 Å². The molecule has 10 heteroatoms. The fraction of sp³-hybridized carbons (Fsp3) is 0.222. The van der Waals surface area contributed by atoms with Gasteiger partial charge >= 0.3 is 6.18 Å². The molecule has 1 aromatic carbocycles. The molecule has 0 radical (unpaired) electrons. The molecule has 0 aliphatic heterocycles. The lowest BCUT2D eigenvalue weighted by Crippen LogP contribution is -2.33. The number of primary sulfonamides is 1. The van der Waals surface area contributed by atoms with Crippen LogP contribution in [0.25, 0.3) is 0 Å². The van der Waals surface area contributed by atoms with E-state index in [1.807, 2.05) is 0 Å². The van der Waals surface area contributed by atoms with Gasteiger partial charge in [-0.15, -0.1) is 0 Å². The van der Waals surface area contributed by atoms with E-state index in [4.69, 9.17) is 16.7 Å². The summed E-state index contributed by atoms with van der Waals surface area (Å²) in [5, 5.41) is 6.29. The molecule has 0 fully saturated rings. The van der Waals surface area contributed by atoms with Gasteiger partial charge in [-0.2, -0.15) is 13.2 Å². The van der Waals surface area contributed by atoms with Gasteiger partial charge in [0, 0.05) is 10.6 Å². The lowest BCUT2D eigenvalue weighted by Gasteiger charge is -2.09. The largest absolute Gasteiger partial charge is 0.405 e. The highest BCUT2D eigenvalue weighted by molar-refractivity contribution is 7.89. The van der Waals surface area contributed by atoms with E-state index in [9.17, 15) is 26.4 Å². The molecule has 0 heterocycles. The minimum absolute atomic E-state index is 0.135. The third kappa shape index (κ3) is 5.05. The topological polar surface area (TPSA) is 89.3 Å². The summed E-state index contributed by atoms with van der Waals surface area (Å²) in [6.45, 7) is -1.54. The molecule has 0 saturated carbocycles. The number of carbonyl (C=O) groups is 1. The zero-order chi connectivity index (χ0) is 14.8. The van der Waals surface area contributed by atoms with Crippen LogP contribution >= 0.6 is 11.6 Å². The average Bonchev–Trinajstić information content (AvgIpc) is 2.22. The molecular weight excluding hydrogens is 309 g/mol. The van der Waals surface area contributed by atoms with Crippen LogP contribution in [0.3, 0.4) is 0 Å². The lowest BCUT2D eigenvalue weighted by atomic mass is 10.2. The molecule has 0 aliphatic rings. The zero-order valence-corrected chi connectivity index (χ0v) is 10.7. The van der Waals surface area contributed by atoms with Gasteiger partial charge in [-0.3, -0.25) is 4.79 Å². The van der Waals surface area contributed by atoms with Crippen LogP contribution in [0.4, 0.5) is 13.2 Å². The molecule has 1 amide bonds. The Kier molecular flexibility index (Phi) is 4.43. The van der Waals surface area contributed by atoms with Crippen molar-refractivity contribution in [2.24, 2.45) is 5.14 Å². The predicted molar refractivity (Wildman–Crippen MR) is 61.2 cm³/mol. The first-order valence-corrected chi connectivity index (χ1v) is 6.60. The van der Waals surface area contributed by atoms with Gasteiger partial charge in [-0.1, -0.05) is 11.6 Å². The van der Waals surface area contributed by atoms with Gasteiger partial charge in [-0.05, 0) is 18.2 Å². The van der Waals surface area contributed by atoms with Crippen LogP contribution in [0.5, 0.6) is 0 Å². The molecule has 0 aromatic heterocycles. The van der Waals surface area contributed by atoms with E-state index in [2.05, 4.69) is 0 Å². The summed E-state index contributed by atoms with van der Waals surface area (Å²) in [5.41, 5.74) is -0.333. The average molecular weight is 317 g/mol. The van der Waals surface area contributed by atoms with Crippen molar-refractivity contribution in [2.75, 3.05) is 6.54 Å². The van der Waals surface area contributed by atoms with Crippen LogP contribution in [0.2, 0.25) is 5.02 Å². The van der Waals surface area contributed by atoms with E-state index in [0.29, 0.717) is 0 Å². The number of sulfonamides is 1. The maximum atomic E-state index is 11.9. The molecule has 0 atom stereocenters. The molecule has 106 valence electrons. The molecule has 1 rings (SSSR count). The van der Waals surface area contributed by atoms with Crippen molar-refractivity contribution < 1.29 is 26.4 Å². The van der Waals surface area contributed by atoms with Gasteiger partial charge in [0.05, 0.1) is 4.90 Å². The standard InChI is InChI=1S/C9H8ClF3N2O3S/c10-6-1-5(2-7(3-6)19(14,17)18)8(16)15-4-9(11,12)13/h1-3H,4H2,(H,15,16)(H2,14,17,18). The van der Waals surface area contributed by atoms with Crippen molar-refractivity contribution in [2.45, 2.75) is 11.1 Å². The lowest BCUT2D eigenvalue weighted by molar-refractivity contribution is -0.123. The molecule has 19 heavy (non-hydrogen) atoms. The number of alkyl halides is 3. The summed E-state index contributed by atoms with van der Waals surface area (Å²) in [7, 11) is -4.11. The smallest absolute Gasteiger partial charge is 0.343 e. The number of amides is 1. The van der Waals surface area contributed by atoms with E-state index in [0.717, 1.165) is 18.2 Å². The Bertz CT molecular complexity index is 601. The Morgan fingerprint density at radius 3 is 2.37 bits per heavy atom. The number of hydrogen-bond acceptors (Lipinski definition) is 3. The second-order valence-corrected chi connectivity index (χ2v) is 5.52. The van der Waals surface area contributed by atoms with Gasteiger partial charge in [0.25, 0.3) is 5.91 Å². The van der Waals surface area contributed by atoms with Gasteiger partial charge in [0.2, 0.25) is 10.0 Å². The van der Waals surface area contributed by atoms with E-state index in [1.165, 1.54) is 0 Å². The molecule has 0 unspecified atom stereocenters. The van der Waals surface area contributed by atoms with E-state index >= 15 is 0 Å². The quantitative estimate of drug-likeness (QED) is 0.880. The third-order valence-electron chi connectivity index (χ3n) is 1.91. The maximum absolute atomic E-state index is 11.9. The predicted octanol–water partition coefficient (Wildman–Crippen LogP) is 1.28. The van der Waals surface area contributed by atoms with Crippen molar-refractivity contribution >= 4 is 27.5 Å². The van der Waals surface area contributed by atoms with E-state index in [1.54, 1.807) is 5.32 Å². The highest BCUT2D eigenvalue weighted by atomic mass is 35.5. The summed E-state index contributed by atoms with van der Waals surface area (Å²) in [6.07, 6.45) is -4.57. The van der Waals surface area contributed by atoms with Gasteiger partial charge in [0.15, 0.2) is 0 Å². The van der Waals surface area contributed by atoms with Gasteiger partial charge in [-0.25, -0.2) is 13.6 Å². The van der Waals surface area contributed by atoms with Crippen LogP contribution < -0.4 is 10.5 Å². The van der Waals surface area contributed by atoms with Crippen molar-refractivity contribution in [1.29, 1.82) is 0 Å². The fourth-order valence-corrected chi connectivity index (χ4v) is 2.02. The molecule has 0 bridgehead atoms. The summed E-state index contributed by atoms with van der Waals surface area (Å²) in [4.78, 5) is 11.0. The first-order valence-electron chi connectivity index (χ1n) is 4.67. The molecular formula is C9H8ClF3N2O3S. The highest BCUT2D eigenvalue weighted by Crippen LogP contribution is 2.19.